The van der Waals surface area contributed by atoms with Crippen molar-refractivity contribution in [2.75, 3.05) is 4.90 Å². The standard InChI is InChI=1S/C24H18N4O7/c1-13(29)35-17-9-7-15(8-10-17)26-23(31)19-18-6-3-11-25-27(18)21(20(19)24(26)32)22(30)14-4-2-5-16(12-14)28(33)34/h2-12,18-21H,1H3. The maximum atomic E-state index is 13.6. The lowest BCUT2D eigenvalue weighted by Crippen LogP contribution is -2.46. The minimum atomic E-state index is -1.12. The van der Waals surface area contributed by atoms with Gasteiger partial charge in [0.05, 0.1) is 28.5 Å². The number of imide groups is 1. The number of amides is 2. The van der Waals surface area contributed by atoms with E-state index in [0.29, 0.717) is 0 Å². The first kappa shape index (κ1) is 22.1. The topological polar surface area (TPSA) is 139 Å². The Balaban J connectivity index is 1.52. The summed E-state index contributed by atoms with van der Waals surface area (Å²) in [4.78, 5) is 63.4. The molecule has 0 bridgehead atoms. The van der Waals surface area contributed by atoms with Crippen LogP contribution in [0.4, 0.5) is 11.4 Å². The predicted octanol–water partition coefficient (Wildman–Crippen LogP) is 2.12. The second kappa shape index (κ2) is 8.28. The fraction of sp³-hybridized carbons (Fsp3) is 0.208. The molecule has 3 aliphatic rings. The molecule has 2 fully saturated rings. The van der Waals surface area contributed by atoms with Crippen LogP contribution >= 0.6 is 0 Å². The number of nitro groups is 1. The van der Waals surface area contributed by atoms with Crippen LogP contribution in [0.1, 0.15) is 17.3 Å². The zero-order valence-electron chi connectivity index (χ0n) is 18.3. The number of allylic oxidation sites excluding steroid dienone is 1. The van der Waals surface area contributed by atoms with E-state index in [1.165, 1.54) is 60.6 Å². The van der Waals surface area contributed by atoms with E-state index >= 15 is 0 Å². The van der Waals surface area contributed by atoms with E-state index in [9.17, 15) is 29.3 Å². The summed E-state index contributed by atoms with van der Waals surface area (Å²) in [5, 5.41) is 16.9. The molecular weight excluding hydrogens is 456 g/mol. The van der Waals surface area contributed by atoms with Gasteiger partial charge in [-0.2, -0.15) is 5.10 Å². The van der Waals surface area contributed by atoms with Gasteiger partial charge in [0, 0.05) is 30.8 Å². The second-order valence-corrected chi connectivity index (χ2v) is 8.29. The van der Waals surface area contributed by atoms with E-state index in [-0.39, 0.29) is 22.7 Å². The van der Waals surface area contributed by atoms with Gasteiger partial charge in [0.25, 0.3) is 5.69 Å². The first-order valence-electron chi connectivity index (χ1n) is 10.7. The van der Waals surface area contributed by atoms with Crippen LogP contribution in [0.25, 0.3) is 0 Å². The molecule has 11 heteroatoms. The zero-order valence-corrected chi connectivity index (χ0v) is 18.3. The summed E-state index contributed by atoms with van der Waals surface area (Å²) in [6.45, 7) is 1.26. The van der Waals surface area contributed by atoms with E-state index in [1.807, 2.05) is 0 Å². The second-order valence-electron chi connectivity index (χ2n) is 8.29. The molecule has 5 rings (SSSR count). The van der Waals surface area contributed by atoms with Gasteiger partial charge in [0.1, 0.15) is 11.8 Å². The molecule has 176 valence electrons. The largest absolute Gasteiger partial charge is 0.427 e. The Bertz CT molecular complexity index is 1330. The number of hydrogen-bond acceptors (Lipinski definition) is 9. The van der Waals surface area contributed by atoms with E-state index in [1.54, 1.807) is 12.2 Å². The lowest BCUT2D eigenvalue weighted by Gasteiger charge is -2.30. The Morgan fingerprint density at radius 2 is 1.77 bits per heavy atom. The van der Waals surface area contributed by atoms with Crippen molar-refractivity contribution < 1.29 is 28.8 Å². The van der Waals surface area contributed by atoms with Crippen molar-refractivity contribution in [1.29, 1.82) is 0 Å². The molecule has 0 saturated carbocycles. The van der Waals surface area contributed by atoms with Gasteiger partial charge in [-0.1, -0.05) is 18.2 Å². The highest BCUT2D eigenvalue weighted by Gasteiger charge is 2.64. The van der Waals surface area contributed by atoms with E-state index in [2.05, 4.69) is 5.10 Å². The van der Waals surface area contributed by atoms with Crippen molar-refractivity contribution >= 4 is 41.2 Å². The summed E-state index contributed by atoms with van der Waals surface area (Å²) >= 11 is 0. The Morgan fingerprint density at radius 3 is 2.46 bits per heavy atom. The molecule has 35 heavy (non-hydrogen) atoms. The molecule has 3 heterocycles. The molecule has 4 unspecified atom stereocenters. The number of ether oxygens (including phenoxy) is 1. The Labute approximate surface area is 198 Å². The lowest BCUT2D eigenvalue weighted by atomic mass is 9.86. The molecule has 2 aromatic rings. The highest BCUT2D eigenvalue weighted by molar-refractivity contribution is 6.24. The van der Waals surface area contributed by atoms with Crippen LogP contribution in [0.2, 0.25) is 0 Å². The number of benzene rings is 2. The molecule has 0 radical (unpaired) electrons. The molecule has 2 saturated heterocycles. The number of esters is 1. The number of rotatable bonds is 5. The van der Waals surface area contributed by atoms with Gasteiger partial charge in [-0.25, -0.2) is 4.90 Å². The van der Waals surface area contributed by atoms with Crippen LogP contribution in [0.5, 0.6) is 5.75 Å². The summed E-state index contributed by atoms with van der Waals surface area (Å²) in [5.74, 6) is -3.73. The predicted molar refractivity (Wildman–Crippen MR) is 122 cm³/mol. The van der Waals surface area contributed by atoms with Gasteiger partial charge in [-0.05, 0) is 30.3 Å². The first-order valence-corrected chi connectivity index (χ1v) is 10.7. The van der Waals surface area contributed by atoms with E-state index < -0.39 is 52.4 Å². The molecule has 0 N–H and O–H groups in total. The number of carbonyl (C=O) groups is 4. The molecular formula is C24H18N4O7. The van der Waals surface area contributed by atoms with Gasteiger partial charge < -0.3 is 4.74 Å². The average molecular weight is 474 g/mol. The van der Waals surface area contributed by atoms with Crippen LogP contribution in [-0.2, 0) is 14.4 Å². The number of nitro benzene ring substituents is 1. The molecule has 0 spiro atoms. The SMILES string of the molecule is CC(=O)Oc1ccc(N2C(=O)C3C(C2=O)C(C(=O)c2cccc([N+](=O)[O-])c2)N2N=CC=CC32)cc1. The molecule has 11 nitrogen and oxygen atoms in total. The first-order chi connectivity index (χ1) is 16.8. The fourth-order valence-electron chi connectivity index (χ4n) is 4.86. The summed E-state index contributed by atoms with van der Waals surface area (Å²) in [5.41, 5.74) is 0.0757. The van der Waals surface area contributed by atoms with Gasteiger partial charge >= 0.3 is 5.97 Å². The van der Waals surface area contributed by atoms with Gasteiger partial charge in [-0.3, -0.25) is 34.3 Å². The van der Waals surface area contributed by atoms with Crippen molar-refractivity contribution in [1.82, 2.24) is 5.01 Å². The normalized spacial score (nSPS) is 24.4. The maximum absolute atomic E-state index is 13.6. The van der Waals surface area contributed by atoms with Crippen molar-refractivity contribution in [3.63, 3.8) is 0 Å². The summed E-state index contributed by atoms with van der Waals surface area (Å²) < 4.78 is 5.00. The molecule has 2 aromatic carbocycles. The van der Waals surface area contributed by atoms with E-state index in [0.717, 1.165) is 11.0 Å². The highest BCUT2D eigenvalue weighted by atomic mass is 16.6. The Kier molecular flexibility index (Phi) is 5.24. The molecule has 0 aromatic heterocycles. The lowest BCUT2D eigenvalue weighted by molar-refractivity contribution is -0.384. The van der Waals surface area contributed by atoms with Crippen LogP contribution < -0.4 is 9.64 Å². The van der Waals surface area contributed by atoms with Gasteiger partial charge in [0.15, 0.2) is 5.78 Å². The fourth-order valence-corrected chi connectivity index (χ4v) is 4.86. The molecule has 2 amide bonds. The average Bonchev–Trinajstić information content (AvgIpc) is 3.31. The van der Waals surface area contributed by atoms with E-state index in [4.69, 9.17) is 4.74 Å². The number of carbonyl (C=O) groups excluding carboxylic acids is 4. The molecule has 3 aliphatic heterocycles. The smallest absolute Gasteiger partial charge is 0.308 e. The summed E-state index contributed by atoms with van der Waals surface area (Å²) in [6.07, 6.45) is 4.82. The minimum Gasteiger partial charge on any atom is -0.427 e. The Hall–Kier alpha value is -4.67. The van der Waals surface area contributed by atoms with Crippen molar-refractivity contribution in [2.24, 2.45) is 16.9 Å². The molecule has 0 aliphatic carbocycles. The van der Waals surface area contributed by atoms with Crippen LogP contribution in [0.15, 0.2) is 65.8 Å². The maximum Gasteiger partial charge on any atom is 0.308 e. The third-order valence-electron chi connectivity index (χ3n) is 6.26. The third-order valence-corrected chi connectivity index (χ3v) is 6.26. The summed E-state index contributed by atoms with van der Waals surface area (Å²) in [6, 6.07) is 9.42. The number of nitrogens with zero attached hydrogens (tertiary/aromatic N) is 4. The molecule has 4 atom stereocenters. The number of non-ortho nitro benzene ring substituents is 1. The number of Topliss-reactive ketones (excluding diaryl/α,β-unsaturated/α-hetero) is 1. The number of fused-ring (bicyclic) bond motifs is 3. The monoisotopic (exact) mass is 474 g/mol. The van der Waals surface area contributed by atoms with Crippen molar-refractivity contribution in [2.45, 2.75) is 19.0 Å². The zero-order chi connectivity index (χ0) is 24.9. The Morgan fingerprint density at radius 1 is 1.06 bits per heavy atom. The third kappa shape index (κ3) is 3.57. The quantitative estimate of drug-likeness (QED) is 0.160. The van der Waals surface area contributed by atoms with Gasteiger partial charge in [-0.15, -0.1) is 0 Å². The summed E-state index contributed by atoms with van der Waals surface area (Å²) in [7, 11) is 0. The number of hydrazone groups is 1. The van der Waals surface area contributed by atoms with Crippen LogP contribution in [0.3, 0.4) is 0 Å². The number of hydrogen-bond donors (Lipinski definition) is 0. The van der Waals surface area contributed by atoms with Crippen LogP contribution in [-0.4, -0.2) is 51.8 Å². The highest BCUT2D eigenvalue weighted by Crippen LogP contribution is 2.46. The number of ketones is 1. The number of anilines is 1. The van der Waals surface area contributed by atoms with Crippen LogP contribution in [0, 0.1) is 22.0 Å². The van der Waals surface area contributed by atoms with Crippen molar-refractivity contribution in [3.05, 3.63) is 76.4 Å². The van der Waals surface area contributed by atoms with Crippen molar-refractivity contribution in [3.8, 4) is 5.75 Å². The minimum absolute atomic E-state index is 0.0535. The van der Waals surface area contributed by atoms with Gasteiger partial charge in [0.2, 0.25) is 11.8 Å².